The molecule has 2 N–H and O–H groups in total. The lowest BCUT2D eigenvalue weighted by molar-refractivity contribution is 0.101. The highest BCUT2D eigenvalue weighted by molar-refractivity contribution is 6.04. The van der Waals surface area contributed by atoms with Gasteiger partial charge in [0.2, 0.25) is 5.82 Å². The number of nitrogens with zero attached hydrogens (tertiary/aromatic N) is 2. The minimum Gasteiger partial charge on any atom is -0.497 e. The maximum Gasteiger partial charge on any atom is 0.293 e. The van der Waals surface area contributed by atoms with Crippen molar-refractivity contribution in [3.8, 4) is 5.75 Å². The van der Waals surface area contributed by atoms with Gasteiger partial charge in [0.1, 0.15) is 11.6 Å². The van der Waals surface area contributed by atoms with E-state index in [-0.39, 0.29) is 11.7 Å². The maximum atomic E-state index is 12.8. The van der Waals surface area contributed by atoms with Gasteiger partial charge in [-0.25, -0.2) is 9.97 Å². The van der Waals surface area contributed by atoms with Crippen LogP contribution < -0.4 is 15.4 Å². The normalized spacial score (nSPS) is 10.6. The number of carbonyl (C=O) groups is 1. The Morgan fingerprint density at radius 2 is 1.55 bits per heavy atom. The molecule has 0 saturated heterocycles. The molecule has 144 valence electrons. The largest absolute Gasteiger partial charge is 0.497 e. The van der Waals surface area contributed by atoms with Crippen molar-refractivity contribution in [2.45, 2.75) is 6.92 Å². The number of benzene rings is 3. The molecule has 1 amide bonds. The first kappa shape index (κ1) is 18.4. The van der Waals surface area contributed by atoms with E-state index in [4.69, 9.17) is 4.74 Å². The van der Waals surface area contributed by atoms with Crippen LogP contribution in [-0.2, 0) is 0 Å². The minimum atomic E-state index is -0.382. The molecule has 4 rings (SSSR count). The summed E-state index contributed by atoms with van der Waals surface area (Å²) in [4.78, 5) is 21.7. The first-order valence-electron chi connectivity index (χ1n) is 9.18. The molecule has 1 aromatic heterocycles. The fourth-order valence-corrected chi connectivity index (χ4v) is 2.91. The van der Waals surface area contributed by atoms with Crippen LogP contribution in [0.4, 0.5) is 17.2 Å². The highest BCUT2D eigenvalue weighted by Crippen LogP contribution is 2.24. The molecule has 6 nitrogen and oxygen atoms in total. The van der Waals surface area contributed by atoms with E-state index in [0.29, 0.717) is 17.0 Å². The molecule has 1 heterocycles. The van der Waals surface area contributed by atoms with Crippen LogP contribution in [0.1, 0.15) is 16.2 Å². The standard InChI is InChI=1S/C23H20N4O2/c1-15-7-9-16(10-8-15)24-21-19-5-3-4-6-20(19)26-22(27-21)23(28)25-17-11-13-18(29-2)14-12-17/h3-14H,1-2H3,(H,25,28)(H,24,26,27). The lowest BCUT2D eigenvalue weighted by atomic mass is 10.2. The van der Waals surface area contributed by atoms with Gasteiger partial charge in [0.25, 0.3) is 5.91 Å². The van der Waals surface area contributed by atoms with Gasteiger partial charge in [-0.2, -0.15) is 0 Å². The fourth-order valence-electron chi connectivity index (χ4n) is 2.91. The summed E-state index contributed by atoms with van der Waals surface area (Å²) in [6.07, 6.45) is 0. The van der Waals surface area contributed by atoms with E-state index >= 15 is 0 Å². The lowest BCUT2D eigenvalue weighted by Crippen LogP contribution is -2.16. The lowest BCUT2D eigenvalue weighted by Gasteiger charge is -2.11. The monoisotopic (exact) mass is 384 g/mol. The van der Waals surface area contributed by atoms with Crippen molar-refractivity contribution >= 4 is 34.0 Å². The summed E-state index contributed by atoms with van der Waals surface area (Å²) in [5.41, 5.74) is 3.39. The van der Waals surface area contributed by atoms with Crippen molar-refractivity contribution < 1.29 is 9.53 Å². The van der Waals surface area contributed by atoms with E-state index in [9.17, 15) is 4.79 Å². The molecule has 0 unspecified atom stereocenters. The van der Waals surface area contributed by atoms with Gasteiger partial charge >= 0.3 is 0 Å². The minimum absolute atomic E-state index is 0.0918. The van der Waals surface area contributed by atoms with E-state index in [1.807, 2.05) is 55.5 Å². The number of methoxy groups -OCH3 is 1. The number of aryl methyl sites for hydroxylation is 1. The van der Waals surface area contributed by atoms with Crippen LogP contribution in [0.15, 0.2) is 72.8 Å². The van der Waals surface area contributed by atoms with Gasteiger partial charge in [-0.05, 0) is 55.5 Å². The van der Waals surface area contributed by atoms with Crippen LogP contribution in [-0.4, -0.2) is 23.0 Å². The molecular weight excluding hydrogens is 364 g/mol. The second-order valence-electron chi connectivity index (χ2n) is 6.59. The molecule has 0 aliphatic carbocycles. The Labute approximate surface area is 168 Å². The van der Waals surface area contributed by atoms with E-state index in [2.05, 4.69) is 20.6 Å². The first-order valence-corrected chi connectivity index (χ1v) is 9.18. The third kappa shape index (κ3) is 4.16. The number of nitrogens with one attached hydrogen (secondary N) is 2. The van der Waals surface area contributed by atoms with Crippen LogP contribution in [0.25, 0.3) is 10.9 Å². The van der Waals surface area contributed by atoms with E-state index in [1.54, 1.807) is 31.4 Å². The van der Waals surface area contributed by atoms with Crippen molar-refractivity contribution in [1.29, 1.82) is 0 Å². The second-order valence-corrected chi connectivity index (χ2v) is 6.59. The second kappa shape index (κ2) is 7.98. The molecule has 3 aromatic carbocycles. The van der Waals surface area contributed by atoms with Crippen molar-refractivity contribution in [3.63, 3.8) is 0 Å². The zero-order valence-corrected chi connectivity index (χ0v) is 16.1. The zero-order chi connectivity index (χ0) is 20.2. The molecule has 0 aliphatic rings. The average Bonchev–Trinajstić information content (AvgIpc) is 2.75. The quantitative estimate of drug-likeness (QED) is 0.509. The Bertz CT molecular complexity index is 1160. The predicted octanol–water partition coefficient (Wildman–Crippen LogP) is 4.94. The maximum absolute atomic E-state index is 12.8. The van der Waals surface area contributed by atoms with Crippen molar-refractivity contribution in [2.24, 2.45) is 0 Å². The number of amides is 1. The van der Waals surface area contributed by atoms with Crippen LogP contribution in [0.3, 0.4) is 0 Å². The number of aromatic nitrogens is 2. The van der Waals surface area contributed by atoms with Gasteiger partial charge in [0, 0.05) is 16.8 Å². The van der Waals surface area contributed by atoms with Crippen molar-refractivity contribution in [2.75, 3.05) is 17.7 Å². The average molecular weight is 384 g/mol. The molecule has 0 saturated carbocycles. The van der Waals surface area contributed by atoms with E-state index in [0.717, 1.165) is 16.8 Å². The number of para-hydroxylation sites is 1. The first-order chi connectivity index (χ1) is 14.1. The zero-order valence-electron chi connectivity index (χ0n) is 16.1. The van der Waals surface area contributed by atoms with Crippen LogP contribution >= 0.6 is 0 Å². The summed E-state index contributed by atoms with van der Waals surface area (Å²) in [6, 6.07) is 22.7. The summed E-state index contributed by atoms with van der Waals surface area (Å²) in [7, 11) is 1.60. The van der Waals surface area contributed by atoms with Gasteiger partial charge in [-0.1, -0.05) is 29.8 Å². The molecule has 6 heteroatoms. The number of ether oxygens (including phenoxy) is 1. The molecule has 0 atom stereocenters. The van der Waals surface area contributed by atoms with Gasteiger partial charge < -0.3 is 15.4 Å². The third-order valence-electron chi connectivity index (χ3n) is 4.47. The Morgan fingerprint density at radius 1 is 0.862 bits per heavy atom. The number of rotatable bonds is 5. The van der Waals surface area contributed by atoms with Gasteiger partial charge in [-0.15, -0.1) is 0 Å². The number of carbonyl (C=O) groups excluding carboxylic acids is 1. The number of fused-ring (bicyclic) bond motifs is 1. The molecule has 29 heavy (non-hydrogen) atoms. The molecule has 0 bridgehead atoms. The number of hydrogen-bond acceptors (Lipinski definition) is 5. The van der Waals surface area contributed by atoms with Gasteiger partial charge in [-0.3, -0.25) is 4.79 Å². The fraction of sp³-hybridized carbons (Fsp3) is 0.0870. The van der Waals surface area contributed by atoms with Gasteiger partial charge in [0.15, 0.2) is 0 Å². The topological polar surface area (TPSA) is 76.1 Å². The molecular formula is C23H20N4O2. The Balaban J connectivity index is 1.66. The SMILES string of the molecule is COc1ccc(NC(=O)c2nc(Nc3ccc(C)cc3)c3ccccc3n2)cc1. The predicted molar refractivity (Wildman–Crippen MR) is 115 cm³/mol. The van der Waals surface area contributed by atoms with Crippen LogP contribution in [0.5, 0.6) is 5.75 Å². The summed E-state index contributed by atoms with van der Waals surface area (Å²) in [6.45, 7) is 2.03. The Morgan fingerprint density at radius 3 is 2.28 bits per heavy atom. The summed E-state index contributed by atoms with van der Waals surface area (Å²) in [5, 5.41) is 6.97. The molecule has 0 radical (unpaired) electrons. The van der Waals surface area contributed by atoms with Crippen molar-refractivity contribution in [3.05, 3.63) is 84.2 Å². The summed E-state index contributed by atoms with van der Waals surface area (Å²) < 4.78 is 5.14. The molecule has 0 aliphatic heterocycles. The number of anilines is 3. The molecule has 4 aromatic rings. The third-order valence-corrected chi connectivity index (χ3v) is 4.47. The van der Waals surface area contributed by atoms with E-state index in [1.165, 1.54) is 5.56 Å². The Kier molecular flexibility index (Phi) is 5.07. The highest BCUT2D eigenvalue weighted by atomic mass is 16.5. The van der Waals surface area contributed by atoms with Crippen molar-refractivity contribution in [1.82, 2.24) is 9.97 Å². The number of hydrogen-bond donors (Lipinski definition) is 2. The molecule has 0 spiro atoms. The Hall–Kier alpha value is -3.93. The summed E-state index contributed by atoms with van der Waals surface area (Å²) in [5.74, 6) is 1.01. The van der Waals surface area contributed by atoms with Crippen LogP contribution in [0, 0.1) is 6.92 Å². The van der Waals surface area contributed by atoms with Crippen LogP contribution in [0.2, 0.25) is 0 Å². The highest BCUT2D eigenvalue weighted by Gasteiger charge is 2.14. The molecule has 0 fully saturated rings. The van der Waals surface area contributed by atoms with Gasteiger partial charge in [0.05, 0.1) is 12.6 Å². The summed E-state index contributed by atoms with van der Waals surface area (Å²) >= 11 is 0. The van der Waals surface area contributed by atoms with E-state index < -0.39 is 0 Å². The smallest absolute Gasteiger partial charge is 0.293 e.